The number of carbonyl (C=O) groups excluding carboxylic acids is 1. The molecule has 0 fully saturated rings. The molecule has 0 spiro atoms. The first-order valence-electron chi connectivity index (χ1n) is 10.1. The van der Waals surface area contributed by atoms with Crippen LogP contribution in [0.15, 0.2) is 65.6 Å². The van der Waals surface area contributed by atoms with E-state index >= 15 is 0 Å². The second-order valence-corrected chi connectivity index (χ2v) is 9.50. The number of sulfonamides is 1. The highest BCUT2D eigenvalue weighted by molar-refractivity contribution is 7.93. The quantitative estimate of drug-likeness (QED) is 0.461. The van der Waals surface area contributed by atoms with E-state index < -0.39 is 22.5 Å². The molecular weight excluding hydrogens is 480 g/mol. The van der Waals surface area contributed by atoms with E-state index in [0.29, 0.717) is 17.2 Å². The highest BCUT2D eigenvalue weighted by Crippen LogP contribution is 2.34. The Hall–Kier alpha value is -3.43. The summed E-state index contributed by atoms with van der Waals surface area (Å²) in [4.78, 5) is 12.9. The van der Waals surface area contributed by atoms with Crippen molar-refractivity contribution in [1.82, 2.24) is 0 Å². The van der Waals surface area contributed by atoms with Crippen molar-refractivity contribution in [2.75, 3.05) is 37.5 Å². The molecule has 34 heavy (non-hydrogen) atoms. The van der Waals surface area contributed by atoms with Crippen LogP contribution in [-0.4, -0.2) is 42.2 Å². The summed E-state index contributed by atoms with van der Waals surface area (Å²) in [6.45, 7) is 1.26. The number of halogens is 1. The summed E-state index contributed by atoms with van der Waals surface area (Å²) in [7, 11) is 0.149. The van der Waals surface area contributed by atoms with E-state index in [1.54, 1.807) is 43.3 Å². The molecule has 0 saturated heterocycles. The number of rotatable bonds is 9. The lowest BCUT2D eigenvalue weighted by Crippen LogP contribution is -2.38. The van der Waals surface area contributed by atoms with Gasteiger partial charge in [-0.05, 0) is 67.1 Å². The van der Waals surface area contributed by atoms with E-state index in [1.165, 1.54) is 45.6 Å². The van der Waals surface area contributed by atoms with Gasteiger partial charge in [0.05, 0.1) is 32.0 Å². The topological polar surface area (TPSA) is 94.2 Å². The maximum Gasteiger partial charge on any atom is 0.268 e. The molecule has 0 radical (unpaired) electrons. The lowest BCUT2D eigenvalue weighted by Gasteiger charge is -2.25. The van der Waals surface area contributed by atoms with Crippen LogP contribution in [0.1, 0.15) is 5.56 Å². The van der Waals surface area contributed by atoms with Crippen molar-refractivity contribution in [3.05, 3.63) is 71.2 Å². The van der Waals surface area contributed by atoms with Gasteiger partial charge in [-0.1, -0.05) is 17.7 Å². The molecule has 0 aliphatic carbocycles. The van der Waals surface area contributed by atoms with Gasteiger partial charge in [0.15, 0.2) is 0 Å². The fourth-order valence-electron chi connectivity index (χ4n) is 3.23. The summed E-state index contributed by atoms with van der Waals surface area (Å²) in [5, 5.41) is 2.91. The molecule has 3 aromatic rings. The normalized spacial score (nSPS) is 11.0. The molecule has 0 atom stereocenters. The molecule has 0 saturated carbocycles. The number of benzene rings is 3. The maximum atomic E-state index is 13.8. The van der Waals surface area contributed by atoms with Crippen molar-refractivity contribution < 1.29 is 27.4 Å². The predicted molar refractivity (Wildman–Crippen MR) is 132 cm³/mol. The summed E-state index contributed by atoms with van der Waals surface area (Å²) in [6, 6.07) is 16.0. The van der Waals surface area contributed by atoms with E-state index in [-0.39, 0.29) is 21.4 Å². The molecule has 10 heteroatoms. The number of hydrogen-bond acceptors (Lipinski definition) is 6. The third kappa shape index (κ3) is 5.55. The minimum Gasteiger partial charge on any atom is -0.497 e. The van der Waals surface area contributed by atoms with Gasteiger partial charge >= 0.3 is 0 Å². The summed E-state index contributed by atoms with van der Waals surface area (Å²) >= 11 is 6.26. The zero-order valence-electron chi connectivity index (χ0n) is 19.2. The lowest BCUT2D eigenvalue weighted by atomic mass is 10.2. The van der Waals surface area contributed by atoms with Crippen LogP contribution < -0.4 is 23.8 Å². The lowest BCUT2D eigenvalue weighted by molar-refractivity contribution is -0.114. The van der Waals surface area contributed by atoms with Crippen LogP contribution in [0, 0.1) is 6.92 Å². The molecule has 8 nitrogen and oxygen atoms in total. The second-order valence-electron chi connectivity index (χ2n) is 7.26. The number of methoxy groups -OCH3 is 3. The van der Waals surface area contributed by atoms with Crippen LogP contribution in [0.25, 0.3) is 0 Å². The van der Waals surface area contributed by atoms with Crippen LogP contribution in [0.2, 0.25) is 5.02 Å². The number of nitrogens with zero attached hydrogens (tertiary/aromatic N) is 1. The molecule has 0 aliphatic heterocycles. The molecular formula is C24H25ClN2O6S. The fourth-order valence-corrected chi connectivity index (χ4v) is 5.14. The number of hydrogen-bond donors (Lipinski definition) is 1. The third-order valence-electron chi connectivity index (χ3n) is 4.97. The van der Waals surface area contributed by atoms with Gasteiger partial charge in [0.25, 0.3) is 10.0 Å². The molecule has 0 aliphatic rings. The number of aryl methyl sites for hydroxylation is 1. The predicted octanol–water partition coefficient (Wildman–Crippen LogP) is 4.51. The maximum absolute atomic E-state index is 13.8. The van der Waals surface area contributed by atoms with Crippen molar-refractivity contribution in [3.63, 3.8) is 0 Å². The van der Waals surface area contributed by atoms with Crippen LogP contribution in [-0.2, 0) is 14.8 Å². The van der Waals surface area contributed by atoms with Crippen molar-refractivity contribution in [2.45, 2.75) is 11.8 Å². The molecule has 1 N–H and O–H groups in total. The SMILES string of the molecule is COc1ccc(NC(=O)CN(c2ccc(OC)c(Cl)c2)S(=O)(=O)c2cc(C)ccc2OC)cc1. The zero-order valence-corrected chi connectivity index (χ0v) is 20.7. The molecule has 0 aromatic heterocycles. The molecule has 1 amide bonds. The Kier molecular flexibility index (Phi) is 7.90. The van der Waals surface area contributed by atoms with E-state index in [0.717, 1.165) is 9.87 Å². The van der Waals surface area contributed by atoms with Gasteiger partial charge in [-0.15, -0.1) is 0 Å². The number of nitrogens with one attached hydrogen (secondary N) is 1. The van der Waals surface area contributed by atoms with Crippen molar-refractivity contribution in [1.29, 1.82) is 0 Å². The number of anilines is 2. The van der Waals surface area contributed by atoms with E-state index in [2.05, 4.69) is 5.32 Å². The van der Waals surface area contributed by atoms with Gasteiger partial charge in [0.2, 0.25) is 5.91 Å². The standard InChI is InChI=1S/C24H25ClN2O6S/c1-16-5-11-22(33-4)23(13-16)34(29,30)27(18-8-12-21(32-3)20(25)14-18)15-24(28)26-17-6-9-19(31-2)10-7-17/h5-14H,15H2,1-4H3,(H,26,28). The Bertz CT molecular complexity index is 1280. The fraction of sp³-hybridized carbons (Fsp3) is 0.208. The number of ether oxygens (including phenoxy) is 3. The minimum absolute atomic E-state index is 0.0702. The molecule has 0 heterocycles. The average molecular weight is 505 g/mol. The highest BCUT2D eigenvalue weighted by atomic mass is 35.5. The van der Waals surface area contributed by atoms with E-state index in [9.17, 15) is 13.2 Å². The first-order valence-corrected chi connectivity index (χ1v) is 12.0. The Morgan fingerprint density at radius 1 is 0.912 bits per heavy atom. The van der Waals surface area contributed by atoms with E-state index in [4.69, 9.17) is 25.8 Å². The van der Waals surface area contributed by atoms with Gasteiger partial charge in [-0.25, -0.2) is 8.42 Å². The number of carbonyl (C=O) groups is 1. The Morgan fingerprint density at radius 3 is 2.15 bits per heavy atom. The molecule has 0 unspecified atom stereocenters. The van der Waals surface area contributed by atoms with Gasteiger partial charge < -0.3 is 19.5 Å². The molecule has 3 rings (SSSR count). The molecule has 0 bridgehead atoms. The summed E-state index contributed by atoms with van der Waals surface area (Å²) in [5.41, 5.74) is 1.40. The van der Waals surface area contributed by atoms with Crippen LogP contribution >= 0.6 is 11.6 Å². The third-order valence-corrected chi connectivity index (χ3v) is 7.06. The second kappa shape index (κ2) is 10.7. The van der Waals surface area contributed by atoms with E-state index in [1.807, 2.05) is 0 Å². The summed E-state index contributed by atoms with van der Waals surface area (Å²) in [6.07, 6.45) is 0. The average Bonchev–Trinajstić information content (AvgIpc) is 2.82. The summed E-state index contributed by atoms with van der Waals surface area (Å²) < 4.78 is 44.1. The van der Waals surface area contributed by atoms with Crippen LogP contribution in [0.5, 0.6) is 17.2 Å². The molecule has 180 valence electrons. The number of amides is 1. The van der Waals surface area contributed by atoms with Gasteiger partial charge in [0.1, 0.15) is 28.7 Å². The monoisotopic (exact) mass is 504 g/mol. The highest BCUT2D eigenvalue weighted by Gasteiger charge is 2.30. The largest absolute Gasteiger partial charge is 0.497 e. The Labute approximate surface area is 204 Å². The minimum atomic E-state index is -4.23. The van der Waals surface area contributed by atoms with Crippen molar-refractivity contribution in [2.24, 2.45) is 0 Å². The molecule has 3 aromatic carbocycles. The zero-order chi connectivity index (χ0) is 24.9. The van der Waals surface area contributed by atoms with Gasteiger partial charge in [-0.2, -0.15) is 0 Å². The van der Waals surface area contributed by atoms with Gasteiger partial charge in [-0.3, -0.25) is 9.10 Å². The Morgan fingerprint density at radius 2 is 1.56 bits per heavy atom. The van der Waals surface area contributed by atoms with Crippen molar-refractivity contribution in [3.8, 4) is 17.2 Å². The van der Waals surface area contributed by atoms with Gasteiger partial charge in [0, 0.05) is 5.69 Å². The first kappa shape index (κ1) is 25.2. The van der Waals surface area contributed by atoms with Crippen molar-refractivity contribution >= 4 is 38.9 Å². The Balaban J connectivity index is 2.02. The first-order chi connectivity index (χ1) is 16.2. The van der Waals surface area contributed by atoms with Crippen LogP contribution in [0.3, 0.4) is 0 Å². The smallest absolute Gasteiger partial charge is 0.268 e. The van der Waals surface area contributed by atoms with Crippen LogP contribution in [0.4, 0.5) is 11.4 Å². The summed E-state index contributed by atoms with van der Waals surface area (Å²) in [5.74, 6) is 0.610.